The number of imide groups is 1. The number of nitrogens with zero attached hydrogens (tertiary/aromatic N) is 1. The third kappa shape index (κ3) is 3.47. The van der Waals surface area contributed by atoms with Gasteiger partial charge in [-0.2, -0.15) is 0 Å². The van der Waals surface area contributed by atoms with Crippen molar-refractivity contribution in [1.82, 2.24) is 4.90 Å². The highest BCUT2D eigenvalue weighted by Crippen LogP contribution is 2.58. The molecule has 11 heteroatoms. The van der Waals surface area contributed by atoms with Gasteiger partial charge in [0.05, 0.1) is 6.61 Å². The van der Waals surface area contributed by atoms with Gasteiger partial charge in [-0.15, -0.1) is 0 Å². The second kappa shape index (κ2) is 8.22. The summed E-state index contributed by atoms with van der Waals surface area (Å²) < 4.78 is 5.67. The fourth-order valence-corrected chi connectivity index (χ4v) is 5.98. The zero-order chi connectivity index (χ0) is 26.5. The number of hydrogen-bond donors (Lipinski definition) is 4. The molecular formula is C26H33NO10. The van der Waals surface area contributed by atoms with Gasteiger partial charge in [0.2, 0.25) is 17.4 Å². The normalized spacial score (nSPS) is 39.7. The molecule has 202 valence electrons. The molecular weight excluding hydrogens is 486 g/mol. The first-order chi connectivity index (χ1) is 17.5. The number of aliphatic hydroxyl groups is 4. The van der Waals surface area contributed by atoms with E-state index in [4.69, 9.17) is 4.74 Å². The zero-order valence-electron chi connectivity index (χ0n) is 20.5. The van der Waals surface area contributed by atoms with Crippen LogP contribution in [0.25, 0.3) is 0 Å². The van der Waals surface area contributed by atoms with Crippen LogP contribution in [-0.2, 0) is 28.7 Å². The molecule has 0 radical (unpaired) electrons. The number of ketones is 3. The number of carbonyl (C=O) groups is 5. The summed E-state index contributed by atoms with van der Waals surface area (Å²) in [5.41, 5.74) is -6.46. The molecule has 6 rings (SSSR count). The molecule has 1 aliphatic heterocycles. The molecule has 5 saturated carbocycles. The zero-order valence-corrected chi connectivity index (χ0v) is 20.5. The minimum Gasteiger partial charge on any atom is -0.394 e. The molecule has 6 fully saturated rings. The molecule has 11 nitrogen and oxygen atoms in total. The lowest BCUT2D eigenvalue weighted by Gasteiger charge is -2.62. The van der Waals surface area contributed by atoms with Crippen molar-refractivity contribution >= 4 is 29.2 Å². The van der Waals surface area contributed by atoms with Gasteiger partial charge >= 0.3 is 0 Å². The second-order valence-corrected chi connectivity index (χ2v) is 11.9. The molecule has 0 aromatic carbocycles. The summed E-state index contributed by atoms with van der Waals surface area (Å²) in [6.07, 6.45) is -0.601. The van der Waals surface area contributed by atoms with Gasteiger partial charge in [-0.25, -0.2) is 0 Å². The third-order valence-electron chi connectivity index (χ3n) is 8.86. The van der Waals surface area contributed by atoms with Crippen LogP contribution in [0, 0.1) is 29.6 Å². The molecule has 1 saturated heterocycles. The van der Waals surface area contributed by atoms with Crippen LogP contribution in [-0.4, -0.2) is 90.2 Å². The SMILES string of the molecule is O=C(C1CC1)N(C(=O)C1CC1)[C@]1(C(=O)C2CC2)C(O)(C(=O)C2CC2)O[C@H](CO)[C@@H](O)[C@@]1(O)C(=O)C1CC1. The number of hydrogen-bond acceptors (Lipinski definition) is 10. The Balaban J connectivity index is 1.67. The summed E-state index contributed by atoms with van der Waals surface area (Å²) in [5.74, 6) is -12.0. The molecule has 0 aromatic heterocycles. The van der Waals surface area contributed by atoms with E-state index in [2.05, 4.69) is 0 Å². The maximum absolute atomic E-state index is 14.5. The van der Waals surface area contributed by atoms with Crippen LogP contribution in [0.15, 0.2) is 0 Å². The Labute approximate surface area is 213 Å². The van der Waals surface area contributed by atoms with Crippen LogP contribution >= 0.6 is 0 Å². The molecule has 1 unspecified atom stereocenters. The summed E-state index contributed by atoms with van der Waals surface area (Å²) in [5, 5.41) is 46.2. The fraction of sp³-hybridized carbons (Fsp3) is 0.808. The molecule has 0 bridgehead atoms. The summed E-state index contributed by atoms with van der Waals surface area (Å²) in [7, 11) is 0. The van der Waals surface area contributed by atoms with E-state index in [0.29, 0.717) is 69.1 Å². The second-order valence-electron chi connectivity index (χ2n) is 11.9. The van der Waals surface area contributed by atoms with Crippen molar-refractivity contribution < 1.29 is 49.1 Å². The lowest BCUT2D eigenvalue weighted by atomic mass is 9.58. The van der Waals surface area contributed by atoms with Crippen LogP contribution in [0.4, 0.5) is 0 Å². The van der Waals surface area contributed by atoms with Gasteiger partial charge in [-0.3, -0.25) is 28.9 Å². The van der Waals surface area contributed by atoms with Crippen LogP contribution in [0.3, 0.4) is 0 Å². The van der Waals surface area contributed by atoms with Gasteiger partial charge in [0, 0.05) is 29.6 Å². The molecule has 37 heavy (non-hydrogen) atoms. The number of aliphatic hydroxyl groups excluding tert-OH is 2. The minimum absolute atomic E-state index is 0.296. The maximum Gasteiger partial charge on any atom is 0.262 e. The number of amides is 2. The van der Waals surface area contributed by atoms with Crippen molar-refractivity contribution in [2.24, 2.45) is 29.6 Å². The lowest BCUT2D eigenvalue weighted by Crippen LogP contribution is -2.91. The predicted molar refractivity (Wildman–Crippen MR) is 121 cm³/mol. The fourth-order valence-electron chi connectivity index (χ4n) is 5.98. The average molecular weight is 520 g/mol. The number of carbonyl (C=O) groups excluding carboxylic acids is 5. The Morgan fingerprint density at radius 3 is 1.49 bits per heavy atom. The number of rotatable bonds is 10. The predicted octanol–water partition coefficient (Wildman–Crippen LogP) is -0.991. The van der Waals surface area contributed by atoms with E-state index >= 15 is 0 Å². The highest BCUT2D eigenvalue weighted by Gasteiger charge is 2.85. The number of Topliss-reactive ketones (excluding diaryl/α,β-unsaturated/α-hetero) is 3. The summed E-state index contributed by atoms with van der Waals surface area (Å²) >= 11 is 0. The Hall–Kier alpha value is -2.05. The van der Waals surface area contributed by atoms with Gasteiger partial charge in [0.1, 0.15) is 12.2 Å². The molecule has 0 aromatic rings. The minimum atomic E-state index is -3.32. The maximum atomic E-state index is 14.5. The summed E-state index contributed by atoms with van der Waals surface area (Å²) in [4.78, 5) is 70.6. The van der Waals surface area contributed by atoms with Crippen molar-refractivity contribution in [2.45, 2.75) is 93.3 Å². The molecule has 0 spiro atoms. The Morgan fingerprint density at radius 1 is 0.676 bits per heavy atom. The third-order valence-corrected chi connectivity index (χ3v) is 8.86. The molecule has 4 N–H and O–H groups in total. The quantitative estimate of drug-likeness (QED) is 0.262. The smallest absolute Gasteiger partial charge is 0.262 e. The Kier molecular flexibility index (Phi) is 5.61. The van der Waals surface area contributed by atoms with E-state index in [1.54, 1.807) is 0 Å². The molecule has 6 aliphatic rings. The van der Waals surface area contributed by atoms with E-state index in [1.807, 2.05) is 0 Å². The Morgan fingerprint density at radius 2 is 1.08 bits per heavy atom. The first kappa shape index (κ1) is 25.2. The van der Waals surface area contributed by atoms with Crippen molar-refractivity contribution in [3.63, 3.8) is 0 Å². The average Bonchev–Trinajstić information content (AvgIpc) is 3.73. The van der Waals surface area contributed by atoms with Crippen molar-refractivity contribution in [1.29, 1.82) is 0 Å². The van der Waals surface area contributed by atoms with Crippen LogP contribution in [0.2, 0.25) is 0 Å². The molecule has 5 aliphatic carbocycles. The monoisotopic (exact) mass is 519 g/mol. The first-order valence-electron chi connectivity index (χ1n) is 13.5. The highest BCUT2D eigenvalue weighted by atomic mass is 16.7. The van der Waals surface area contributed by atoms with Gasteiger partial charge in [0.25, 0.3) is 5.79 Å². The largest absolute Gasteiger partial charge is 0.394 e. The van der Waals surface area contributed by atoms with E-state index in [0.717, 1.165) is 0 Å². The van der Waals surface area contributed by atoms with Crippen molar-refractivity contribution in [3.05, 3.63) is 0 Å². The van der Waals surface area contributed by atoms with E-state index in [1.165, 1.54) is 0 Å². The van der Waals surface area contributed by atoms with Crippen LogP contribution in [0.1, 0.15) is 64.2 Å². The van der Waals surface area contributed by atoms with Crippen molar-refractivity contribution in [2.75, 3.05) is 6.61 Å². The summed E-state index contributed by atoms with van der Waals surface area (Å²) in [6.45, 7) is -0.997. The van der Waals surface area contributed by atoms with Crippen molar-refractivity contribution in [3.8, 4) is 0 Å². The Bertz CT molecular complexity index is 1050. The van der Waals surface area contributed by atoms with E-state index < -0.39 is 94.5 Å². The molecule has 2 amide bonds. The van der Waals surface area contributed by atoms with E-state index in [9.17, 15) is 44.4 Å². The number of ether oxygens (including phenoxy) is 1. The topological polar surface area (TPSA) is 179 Å². The van der Waals surface area contributed by atoms with Gasteiger partial charge in [-0.1, -0.05) is 0 Å². The molecule has 5 atom stereocenters. The first-order valence-corrected chi connectivity index (χ1v) is 13.5. The van der Waals surface area contributed by atoms with E-state index in [-0.39, 0.29) is 0 Å². The van der Waals surface area contributed by atoms with Gasteiger partial charge < -0.3 is 25.2 Å². The standard InChI is InChI=1S/C26H33NO10/c28-11-17-21(32)24(35,18(29)12-1-2-12)25(19(30)13-3-4-13,26(36,37-17)20(31)14-5-6-14)27(22(33)15-7-8-15)23(34)16-9-10-16/h12-17,21,28,32,35-36H,1-11H2/t17-,21-,24+,25+,26?/m1/s1. The van der Waals surface area contributed by atoms with Crippen LogP contribution in [0.5, 0.6) is 0 Å². The summed E-state index contributed by atoms with van der Waals surface area (Å²) in [6, 6.07) is 0. The highest BCUT2D eigenvalue weighted by molar-refractivity contribution is 6.15. The molecule has 1 heterocycles. The van der Waals surface area contributed by atoms with Crippen LogP contribution < -0.4 is 0 Å². The van der Waals surface area contributed by atoms with Gasteiger partial charge in [-0.05, 0) is 64.2 Å². The van der Waals surface area contributed by atoms with Gasteiger partial charge in [0.15, 0.2) is 23.0 Å². The lowest BCUT2D eigenvalue weighted by molar-refractivity contribution is -0.354.